The number of ketones is 1. The molecule has 0 amide bonds. The maximum atomic E-state index is 12.8. The van der Waals surface area contributed by atoms with Crippen LogP contribution in [0.4, 0.5) is 0 Å². The van der Waals surface area contributed by atoms with Crippen molar-refractivity contribution in [3.05, 3.63) is 58.8 Å². The summed E-state index contributed by atoms with van der Waals surface area (Å²) in [5.41, 5.74) is 1.87. The number of hydrogen-bond donors (Lipinski definition) is 1. The van der Waals surface area contributed by atoms with Gasteiger partial charge in [-0.3, -0.25) is 4.79 Å². The van der Waals surface area contributed by atoms with Gasteiger partial charge in [-0.15, -0.1) is 0 Å². The summed E-state index contributed by atoms with van der Waals surface area (Å²) >= 11 is 0. The van der Waals surface area contributed by atoms with Gasteiger partial charge in [0.1, 0.15) is 18.0 Å². The topological polar surface area (TPSA) is 63.0 Å². The minimum atomic E-state index is -0.186. The van der Waals surface area contributed by atoms with Gasteiger partial charge in [-0.25, -0.2) is 0 Å². The van der Waals surface area contributed by atoms with Gasteiger partial charge in [-0.2, -0.15) is 0 Å². The van der Waals surface area contributed by atoms with E-state index < -0.39 is 0 Å². The maximum Gasteiger partial charge on any atom is 0.231 e. The van der Waals surface area contributed by atoms with Crippen LogP contribution in [0.3, 0.4) is 0 Å². The number of hydrogen-bond acceptors (Lipinski definition) is 4. The second-order valence-corrected chi connectivity index (χ2v) is 6.96. The molecule has 140 valence electrons. The number of nitrogens with one attached hydrogen (secondary N) is 1. The lowest BCUT2D eigenvalue weighted by Crippen LogP contribution is -3.08. The van der Waals surface area contributed by atoms with Gasteiger partial charge in [0.2, 0.25) is 5.78 Å². The van der Waals surface area contributed by atoms with Gasteiger partial charge in [-0.05, 0) is 25.1 Å². The maximum absolute atomic E-state index is 12.8. The monoisotopic (exact) mass is 365 g/mol. The lowest BCUT2D eigenvalue weighted by molar-refractivity contribution is -0.901. The number of Topliss-reactive ketones (excluding diaryl/α,β-unsaturated/α-hetero) is 1. The minimum absolute atomic E-state index is 0.0584. The normalized spacial score (nSPS) is 18.0. The Morgan fingerprint density at radius 2 is 1.96 bits per heavy atom. The lowest BCUT2D eigenvalue weighted by Gasteiger charge is -2.19. The Bertz CT molecular complexity index is 897. The summed E-state index contributed by atoms with van der Waals surface area (Å²) in [6, 6.07) is 10.6. The zero-order valence-corrected chi connectivity index (χ0v) is 15.4. The fourth-order valence-electron chi connectivity index (χ4n) is 3.79. The van der Waals surface area contributed by atoms with Crippen LogP contribution in [0.5, 0.6) is 17.2 Å². The number of rotatable bonds is 5. The Morgan fingerprint density at radius 3 is 2.74 bits per heavy atom. The van der Waals surface area contributed by atoms with E-state index in [1.807, 2.05) is 31.2 Å². The van der Waals surface area contributed by atoms with Crippen LogP contribution in [-0.2, 0) is 6.54 Å². The number of carbonyl (C=O) groups is 1. The molecule has 0 atom stereocenters. The van der Waals surface area contributed by atoms with E-state index in [0.29, 0.717) is 35.8 Å². The zero-order chi connectivity index (χ0) is 18.8. The number of allylic oxidation sites excluding steroid dienone is 1. The van der Waals surface area contributed by atoms with Crippen molar-refractivity contribution in [2.45, 2.75) is 26.3 Å². The van der Waals surface area contributed by atoms with Crippen LogP contribution in [-0.4, -0.2) is 25.5 Å². The predicted molar refractivity (Wildman–Crippen MR) is 100 cm³/mol. The van der Waals surface area contributed by atoms with E-state index in [-0.39, 0.29) is 17.3 Å². The highest BCUT2D eigenvalue weighted by Gasteiger charge is 2.31. The molecule has 0 spiro atoms. The molecular weight excluding hydrogens is 342 g/mol. The fraction of sp³-hybridized carbons (Fsp3) is 0.318. The number of fused-ring (bicyclic) bond motifs is 1. The summed E-state index contributed by atoms with van der Waals surface area (Å²) in [5.74, 6) is 1.13. The third-order valence-electron chi connectivity index (χ3n) is 5.14. The minimum Gasteiger partial charge on any atom is -0.872 e. The van der Waals surface area contributed by atoms with Crippen LogP contribution in [0.1, 0.15) is 41.3 Å². The smallest absolute Gasteiger partial charge is 0.231 e. The van der Waals surface area contributed by atoms with Crippen LogP contribution in [0.25, 0.3) is 6.08 Å². The lowest BCUT2D eigenvalue weighted by atomic mass is 10.0. The Balaban J connectivity index is 1.68. The van der Waals surface area contributed by atoms with E-state index in [0.717, 1.165) is 18.7 Å². The second-order valence-electron chi connectivity index (χ2n) is 6.96. The van der Waals surface area contributed by atoms with Gasteiger partial charge in [0, 0.05) is 24.0 Å². The number of benzene rings is 2. The zero-order valence-electron chi connectivity index (χ0n) is 15.4. The Morgan fingerprint density at radius 1 is 1.19 bits per heavy atom. The molecule has 0 aromatic heterocycles. The molecule has 1 N–H and O–H groups in total. The van der Waals surface area contributed by atoms with Crippen molar-refractivity contribution < 1.29 is 24.3 Å². The van der Waals surface area contributed by atoms with Crippen molar-refractivity contribution in [1.29, 1.82) is 0 Å². The van der Waals surface area contributed by atoms with Gasteiger partial charge in [-0.1, -0.05) is 30.0 Å². The first-order valence-electron chi connectivity index (χ1n) is 9.50. The molecule has 1 saturated heterocycles. The highest BCUT2D eigenvalue weighted by atomic mass is 16.5. The van der Waals surface area contributed by atoms with E-state index in [9.17, 15) is 9.90 Å². The summed E-state index contributed by atoms with van der Waals surface area (Å²) in [6.07, 6.45) is 4.06. The molecule has 2 aliphatic rings. The molecule has 2 aliphatic heterocycles. The van der Waals surface area contributed by atoms with Crippen LogP contribution >= 0.6 is 0 Å². The fourth-order valence-corrected chi connectivity index (χ4v) is 3.79. The van der Waals surface area contributed by atoms with Crippen LogP contribution < -0.4 is 19.5 Å². The number of ether oxygens (including phenoxy) is 2. The van der Waals surface area contributed by atoms with E-state index in [1.165, 1.54) is 23.8 Å². The largest absolute Gasteiger partial charge is 0.872 e. The summed E-state index contributed by atoms with van der Waals surface area (Å²) in [5, 5.41) is 12.4. The number of para-hydroxylation sites is 1. The molecule has 0 bridgehead atoms. The third kappa shape index (κ3) is 3.43. The van der Waals surface area contributed by atoms with E-state index in [1.54, 1.807) is 12.1 Å². The molecule has 0 radical (unpaired) electrons. The van der Waals surface area contributed by atoms with Crippen molar-refractivity contribution in [3.63, 3.8) is 0 Å². The number of carbonyl (C=O) groups excluding carboxylic acids is 1. The molecule has 2 heterocycles. The number of likely N-dealkylation sites (tertiary alicyclic amines) is 1. The highest BCUT2D eigenvalue weighted by Crippen LogP contribution is 2.38. The molecule has 27 heavy (non-hydrogen) atoms. The molecule has 2 aromatic rings. The summed E-state index contributed by atoms with van der Waals surface area (Å²) < 4.78 is 11.5. The second kappa shape index (κ2) is 7.45. The first-order valence-corrected chi connectivity index (χ1v) is 9.50. The van der Waals surface area contributed by atoms with Gasteiger partial charge in [0.25, 0.3) is 0 Å². The molecule has 2 aromatic carbocycles. The van der Waals surface area contributed by atoms with Crippen molar-refractivity contribution in [1.82, 2.24) is 0 Å². The molecule has 0 unspecified atom stereocenters. The molecular formula is C22H23NO4. The van der Waals surface area contributed by atoms with Crippen molar-refractivity contribution in [2.75, 3.05) is 19.7 Å². The van der Waals surface area contributed by atoms with Crippen molar-refractivity contribution in [2.24, 2.45) is 0 Å². The van der Waals surface area contributed by atoms with Crippen LogP contribution in [0.2, 0.25) is 0 Å². The first kappa shape index (κ1) is 17.6. The molecule has 4 rings (SSSR count). The van der Waals surface area contributed by atoms with Crippen LogP contribution in [0.15, 0.2) is 42.2 Å². The Kier molecular flexibility index (Phi) is 4.86. The first-order chi connectivity index (χ1) is 13.2. The molecule has 5 nitrogen and oxygen atoms in total. The molecule has 0 saturated carbocycles. The van der Waals surface area contributed by atoms with Gasteiger partial charge < -0.3 is 19.5 Å². The standard InChI is InChI=1S/C22H23NO4/c1-2-26-19-8-4-3-7-15(19)13-20-21(25)16-9-10-18(24)17(22(16)27-20)14-23-11-5-6-12-23/h3-4,7-10,13,24H,2,5-6,11-12,14H2,1H3. The van der Waals surface area contributed by atoms with Gasteiger partial charge >= 0.3 is 0 Å². The molecule has 5 heteroatoms. The predicted octanol–water partition coefficient (Wildman–Crippen LogP) is 1.95. The van der Waals surface area contributed by atoms with Gasteiger partial charge in [0.05, 0.1) is 25.3 Å². The Hall–Kier alpha value is -2.79. The van der Waals surface area contributed by atoms with Crippen LogP contribution in [0, 0.1) is 0 Å². The summed E-state index contributed by atoms with van der Waals surface area (Å²) in [4.78, 5) is 14.2. The average molecular weight is 365 g/mol. The summed E-state index contributed by atoms with van der Waals surface area (Å²) in [7, 11) is 0. The van der Waals surface area contributed by atoms with Gasteiger partial charge in [0.15, 0.2) is 5.76 Å². The number of quaternary nitrogens is 1. The summed E-state index contributed by atoms with van der Waals surface area (Å²) in [6.45, 7) is 5.18. The SMILES string of the molecule is CCOc1ccccc1C=C1Oc2c(ccc([O-])c2C[NH+]2CCCC2)C1=O. The van der Waals surface area contributed by atoms with Crippen molar-refractivity contribution >= 4 is 11.9 Å². The quantitative estimate of drug-likeness (QED) is 0.823. The Labute approximate surface area is 158 Å². The molecule has 0 aliphatic carbocycles. The van der Waals surface area contributed by atoms with E-state index in [4.69, 9.17) is 9.47 Å². The molecule has 1 fully saturated rings. The van der Waals surface area contributed by atoms with Crippen molar-refractivity contribution in [3.8, 4) is 17.2 Å². The van der Waals surface area contributed by atoms with E-state index in [2.05, 4.69) is 0 Å². The van der Waals surface area contributed by atoms with E-state index >= 15 is 0 Å². The highest BCUT2D eigenvalue weighted by molar-refractivity contribution is 6.15. The third-order valence-corrected chi connectivity index (χ3v) is 5.14. The average Bonchev–Trinajstić information content (AvgIpc) is 3.28.